The number of anilines is 1. The van der Waals surface area contributed by atoms with Gasteiger partial charge in [-0.15, -0.1) is 0 Å². The van der Waals surface area contributed by atoms with Gasteiger partial charge in [0, 0.05) is 21.2 Å². The van der Waals surface area contributed by atoms with Crippen LogP contribution in [0.4, 0.5) is 5.69 Å². The van der Waals surface area contributed by atoms with Crippen molar-refractivity contribution in [3.63, 3.8) is 0 Å². The number of aryl methyl sites for hydroxylation is 1. The van der Waals surface area contributed by atoms with E-state index in [1.54, 1.807) is 0 Å². The van der Waals surface area contributed by atoms with Crippen LogP contribution in [0.3, 0.4) is 0 Å². The number of hydrogen-bond donors (Lipinski definition) is 1. The lowest BCUT2D eigenvalue weighted by atomic mass is 10.0. The minimum atomic E-state index is 0.586. The van der Waals surface area contributed by atoms with Crippen LogP contribution in [0.15, 0.2) is 22.7 Å². The van der Waals surface area contributed by atoms with E-state index in [9.17, 15) is 0 Å². The molecule has 0 spiro atoms. The molecule has 2 rings (SSSR count). The number of hydrogen-bond acceptors (Lipinski definition) is 2. The number of aromatic nitrogens is 1. The molecule has 0 aliphatic carbocycles. The Balaban J connectivity index is 2.68. The lowest BCUT2D eigenvalue weighted by Gasteiger charge is -2.11. The number of fused-ring (bicyclic) bond motifs is 1. The molecule has 2 nitrogen and oxygen atoms in total. The van der Waals surface area contributed by atoms with E-state index in [0.717, 1.165) is 33.2 Å². The van der Waals surface area contributed by atoms with E-state index in [0.29, 0.717) is 5.92 Å². The van der Waals surface area contributed by atoms with Gasteiger partial charge < -0.3 is 5.73 Å². The van der Waals surface area contributed by atoms with Crippen molar-refractivity contribution in [3.8, 4) is 0 Å². The number of benzene rings is 1. The number of halogens is 1. The Kier molecular flexibility index (Phi) is 3.38. The summed E-state index contributed by atoms with van der Waals surface area (Å²) in [5.74, 6) is 0.586. The van der Waals surface area contributed by atoms with E-state index in [4.69, 9.17) is 10.7 Å². The van der Waals surface area contributed by atoms with Gasteiger partial charge in [0.25, 0.3) is 0 Å². The van der Waals surface area contributed by atoms with Gasteiger partial charge in [-0.2, -0.15) is 0 Å². The maximum atomic E-state index is 6.14. The second-order valence-electron chi connectivity index (χ2n) is 4.89. The molecule has 3 heteroatoms. The van der Waals surface area contributed by atoms with E-state index < -0.39 is 0 Å². The highest BCUT2D eigenvalue weighted by Crippen LogP contribution is 2.30. The zero-order valence-electron chi connectivity index (χ0n) is 10.4. The van der Waals surface area contributed by atoms with Gasteiger partial charge in [0.15, 0.2) is 0 Å². The molecule has 90 valence electrons. The Morgan fingerprint density at radius 3 is 2.71 bits per heavy atom. The van der Waals surface area contributed by atoms with Crippen molar-refractivity contribution in [2.24, 2.45) is 5.92 Å². The molecule has 2 N–H and O–H groups in total. The van der Waals surface area contributed by atoms with Crippen LogP contribution >= 0.6 is 15.9 Å². The van der Waals surface area contributed by atoms with Crippen LogP contribution in [0.2, 0.25) is 0 Å². The van der Waals surface area contributed by atoms with E-state index in [-0.39, 0.29) is 0 Å². The van der Waals surface area contributed by atoms with Crippen LogP contribution in [0, 0.1) is 12.8 Å². The number of nitrogens with zero attached hydrogens (tertiary/aromatic N) is 1. The van der Waals surface area contributed by atoms with Crippen molar-refractivity contribution < 1.29 is 0 Å². The molecule has 1 heterocycles. The van der Waals surface area contributed by atoms with Gasteiger partial charge in [0.2, 0.25) is 0 Å². The predicted octanol–water partition coefficient (Wildman–Crippen LogP) is 4.09. The molecule has 17 heavy (non-hydrogen) atoms. The molecule has 1 aromatic heterocycles. The van der Waals surface area contributed by atoms with Crippen molar-refractivity contribution >= 4 is 32.5 Å². The molecule has 0 unspecified atom stereocenters. The summed E-state index contributed by atoms with van der Waals surface area (Å²) >= 11 is 3.55. The van der Waals surface area contributed by atoms with E-state index in [1.807, 2.05) is 12.1 Å². The minimum Gasteiger partial charge on any atom is -0.398 e. The van der Waals surface area contributed by atoms with Crippen LogP contribution < -0.4 is 5.73 Å². The summed E-state index contributed by atoms with van der Waals surface area (Å²) in [6, 6.07) is 6.09. The molecular weight excluding hydrogens is 276 g/mol. The first-order valence-electron chi connectivity index (χ1n) is 5.83. The zero-order chi connectivity index (χ0) is 12.6. The SMILES string of the molecule is Cc1ccc(Br)c2nc(CC(C)C)cc(N)c12. The zero-order valence-corrected chi connectivity index (χ0v) is 12.0. The lowest BCUT2D eigenvalue weighted by molar-refractivity contribution is 0.637. The average Bonchev–Trinajstić information content (AvgIpc) is 2.22. The standard InChI is InChI=1S/C14H17BrN2/c1-8(2)6-10-7-12(16)13-9(3)4-5-11(15)14(13)17-10/h4-5,7-8H,6H2,1-3H3,(H2,16,17). The summed E-state index contributed by atoms with van der Waals surface area (Å²) in [4.78, 5) is 4.71. The molecule has 2 aromatic rings. The molecule has 0 radical (unpaired) electrons. The fraction of sp³-hybridized carbons (Fsp3) is 0.357. The molecule has 0 amide bonds. The Hall–Kier alpha value is -1.09. The van der Waals surface area contributed by atoms with Crippen LogP contribution in [-0.4, -0.2) is 4.98 Å². The van der Waals surface area contributed by atoms with Gasteiger partial charge in [-0.3, -0.25) is 4.98 Å². The van der Waals surface area contributed by atoms with Crippen LogP contribution in [0.25, 0.3) is 10.9 Å². The monoisotopic (exact) mass is 292 g/mol. The largest absolute Gasteiger partial charge is 0.398 e. The highest BCUT2D eigenvalue weighted by Gasteiger charge is 2.09. The van der Waals surface area contributed by atoms with Gasteiger partial charge in [0.05, 0.1) is 5.52 Å². The molecule has 0 aliphatic heterocycles. The van der Waals surface area contributed by atoms with Gasteiger partial charge >= 0.3 is 0 Å². The maximum absolute atomic E-state index is 6.14. The first-order chi connectivity index (χ1) is 7.99. The normalized spacial score (nSPS) is 11.4. The van der Waals surface area contributed by atoms with Gasteiger partial charge in [-0.25, -0.2) is 0 Å². The second kappa shape index (κ2) is 4.65. The molecule has 0 saturated carbocycles. The molecule has 0 fully saturated rings. The Labute approximate surface area is 110 Å². The van der Waals surface area contributed by atoms with E-state index in [2.05, 4.69) is 42.8 Å². The molecule has 0 bridgehead atoms. The fourth-order valence-electron chi connectivity index (χ4n) is 2.09. The van der Waals surface area contributed by atoms with Crippen LogP contribution in [-0.2, 0) is 6.42 Å². The summed E-state index contributed by atoms with van der Waals surface area (Å²) in [5, 5.41) is 1.06. The fourth-order valence-corrected chi connectivity index (χ4v) is 2.51. The van der Waals surface area contributed by atoms with Crippen molar-refractivity contribution in [1.29, 1.82) is 0 Å². The summed E-state index contributed by atoms with van der Waals surface area (Å²) < 4.78 is 1.01. The molecule has 1 aromatic carbocycles. The Bertz CT molecular complexity index is 562. The van der Waals surface area contributed by atoms with Crippen LogP contribution in [0.5, 0.6) is 0 Å². The third-order valence-electron chi connectivity index (χ3n) is 2.82. The van der Waals surface area contributed by atoms with Gasteiger partial charge in [-0.1, -0.05) is 19.9 Å². The number of nitrogen functional groups attached to an aromatic ring is 1. The predicted molar refractivity (Wildman–Crippen MR) is 77.1 cm³/mol. The van der Waals surface area contributed by atoms with Crippen molar-refractivity contribution in [2.75, 3.05) is 5.73 Å². The summed E-state index contributed by atoms with van der Waals surface area (Å²) in [7, 11) is 0. The lowest BCUT2D eigenvalue weighted by Crippen LogP contribution is -2.01. The summed E-state index contributed by atoms with van der Waals surface area (Å²) in [5.41, 5.74) is 10.2. The van der Waals surface area contributed by atoms with Crippen LogP contribution in [0.1, 0.15) is 25.1 Å². The highest BCUT2D eigenvalue weighted by molar-refractivity contribution is 9.10. The number of nitrogens with two attached hydrogens (primary N) is 1. The van der Waals surface area contributed by atoms with Crippen molar-refractivity contribution in [3.05, 3.63) is 33.9 Å². The van der Waals surface area contributed by atoms with E-state index in [1.165, 1.54) is 5.56 Å². The van der Waals surface area contributed by atoms with E-state index >= 15 is 0 Å². The molecule has 0 saturated heterocycles. The number of pyridine rings is 1. The second-order valence-corrected chi connectivity index (χ2v) is 5.74. The van der Waals surface area contributed by atoms with Gasteiger partial charge in [-0.05, 0) is 52.9 Å². The summed E-state index contributed by atoms with van der Waals surface area (Å²) in [6.07, 6.45) is 0.959. The minimum absolute atomic E-state index is 0.586. The van der Waals surface area contributed by atoms with Gasteiger partial charge in [0.1, 0.15) is 0 Å². The first-order valence-corrected chi connectivity index (χ1v) is 6.62. The molecule has 0 aliphatic rings. The summed E-state index contributed by atoms with van der Waals surface area (Å²) in [6.45, 7) is 6.44. The maximum Gasteiger partial charge on any atom is 0.0870 e. The van der Waals surface area contributed by atoms with Crippen molar-refractivity contribution in [2.45, 2.75) is 27.2 Å². The third kappa shape index (κ3) is 2.44. The smallest absolute Gasteiger partial charge is 0.0870 e. The number of rotatable bonds is 2. The quantitative estimate of drug-likeness (QED) is 0.906. The topological polar surface area (TPSA) is 38.9 Å². The van der Waals surface area contributed by atoms with Crippen molar-refractivity contribution in [1.82, 2.24) is 4.98 Å². The highest BCUT2D eigenvalue weighted by atomic mass is 79.9. The molecule has 0 atom stereocenters. The Morgan fingerprint density at radius 2 is 2.06 bits per heavy atom. The molecular formula is C14H17BrN2. The third-order valence-corrected chi connectivity index (χ3v) is 3.46. The Morgan fingerprint density at radius 1 is 1.35 bits per heavy atom. The average molecular weight is 293 g/mol. The first kappa shape index (κ1) is 12.4.